The maximum absolute atomic E-state index is 12.5. The average Bonchev–Trinajstić information content (AvgIpc) is 3.15. The van der Waals surface area contributed by atoms with E-state index in [0.29, 0.717) is 10.7 Å². The van der Waals surface area contributed by atoms with Crippen molar-refractivity contribution < 1.29 is 9.53 Å². The Morgan fingerprint density at radius 3 is 2.70 bits per heavy atom. The third kappa shape index (κ3) is 4.89. The maximum atomic E-state index is 12.5. The fraction of sp³-hybridized carbons (Fsp3) is 0.238. The Hall–Kier alpha value is -2.79. The summed E-state index contributed by atoms with van der Waals surface area (Å²) in [6.07, 6.45) is 2.53. The molecule has 0 saturated heterocycles. The number of carbonyl (C=O) groups is 1. The molecule has 0 spiro atoms. The summed E-state index contributed by atoms with van der Waals surface area (Å²) in [6.45, 7) is 4.18. The molecular weight excluding hydrogens is 362 g/mol. The molecule has 1 aromatic heterocycles. The Morgan fingerprint density at radius 1 is 1.22 bits per heavy atom. The van der Waals surface area contributed by atoms with E-state index in [1.165, 1.54) is 0 Å². The standard InChI is InChI=1S/C21H22ClN3O2/c1-3-18(16-7-5-4-6-8-16)23-21(26)19-11-12-25(24-19)14-27-20-10-9-17(22)13-15(20)2/h4-13,18H,3,14H2,1-2H3,(H,23,26). The van der Waals surface area contributed by atoms with Gasteiger partial charge < -0.3 is 10.1 Å². The Balaban J connectivity index is 1.61. The molecule has 0 bridgehead atoms. The zero-order chi connectivity index (χ0) is 19.2. The van der Waals surface area contributed by atoms with Crippen LogP contribution in [-0.2, 0) is 6.73 Å². The Labute approximate surface area is 163 Å². The second-order valence-electron chi connectivity index (χ2n) is 6.27. The van der Waals surface area contributed by atoms with Gasteiger partial charge in [0.2, 0.25) is 0 Å². The third-order valence-electron chi connectivity index (χ3n) is 4.28. The lowest BCUT2D eigenvalue weighted by atomic mass is 10.0. The monoisotopic (exact) mass is 383 g/mol. The van der Waals surface area contributed by atoms with Gasteiger partial charge in [0.05, 0.1) is 6.04 Å². The van der Waals surface area contributed by atoms with Crippen LogP contribution in [-0.4, -0.2) is 15.7 Å². The molecule has 2 aromatic carbocycles. The van der Waals surface area contributed by atoms with Gasteiger partial charge in [0.1, 0.15) is 11.4 Å². The molecule has 1 amide bonds. The largest absolute Gasteiger partial charge is 0.471 e. The number of halogens is 1. The molecule has 0 saturated carbocycles. The van der Waals surface area contributed by atoms with Gasteiger partial charge in [0, 0.05) is 11.2 Å². The molecule has 1 heterocycles. The Kier molecular flexibility index (Phi) is 6.14. The second-order valence-corrected chi connectivity index (χ2v) is 6.71. The predicted octanol–water partition coefficient (Wildman–Crippen LogP) is 4.76. The number of hydrogen-bond donors (Lipinski definition) is 1. The van der Waals surface area contributed by atoms with E-state index >= 15 is 0 Å². The minimum absolute atomic E-state index is 0.0446. The van der Waals surface area contributed by atoms with Crippen LogP contribution in [0.5, 0.6) is 5.75 Å². The Bertz CT molecular complexity index is 909. The van der Waals surface area contributed by atoms with Crippen LogP contribution in [0.2, 0.25) is 5.02 Å². The number of amides is 1. The Morgan fingerprint density at radius 2 is 2.00 bits per heavy atom. The van der Waals surface area contributed by atoms with Crippen molar-refractivity contribution in [2.24, 2.45) is 0 Å². The van der Waals surface area contributed by atoms with Crippen molar-refractivity contribution in [3.63, 3.8) is 0 Å². The van der Waals surface area contributed by atoms with Crippen LogP contribution in [0.4, 0.5) is 0 Å². The first-order valence-electron chi connectivity index (χ1n) is 8.85. The number of aryl methyl sites for hydroxylation is 1. The summed E-state index contributed by atoms with van der Waals surface area (Å²) in [4.78, 5) is 12.5. The zero-order valence-corrected chi connectivity index (χ0v) is 16.1. The SMILES string of the molecule is CCC(NC(=O)c1ccn(COc2ccc(Cl)cc2C)n1)c1ccccc1. The first-order valence-corrected chi connectivity index (χ1v) is 9.23. The lowest BCUT2D eigenvalue weighted by Crippen LogP contribution is -2.28. The fourth-order valence-corrected chi connectivity index (χ4v) is 3.03. The smallest absolute Gasteiger partial charge is 0.272 e. The van der Waals surface area contributed by atoms with Crippen LogP contribution in [0.3, 0.4) is 0 Å². The molecule has 140 valence electrons. The summed E-state index contributed by atoms with van der Waals surface area (Å²) < 4.78 is 7.34. The minimum Gasteiger partial charge on any atom is -0.471 e. The second kappa shape index (κ2) is 8.73. The number of carbonyl (C=O) groups excluding carboxylic acids is 1. The maximum Gasteiger partial charge on any atom is 0.272 e. The highest BCUT2D eigenvalue weighted by Crippen LogP contribution is 2.22. The highest BCUT2D eigenvalue weighted by atomic mass is 35.5. The van der Waals surface area contributed by atoms with Crippen molar-refractivity contribution in [2.75, 3.05) is 0 Å². The van der Waals surface area contributed by atoms with Gasteiger partial charge in [-0.05, 0) is 48.7 Å². The minimum atomic E-state index is -0.202. The van der Waals surface area contributed by atoms with Gasteiger partial charge in [-0.15, -0.1) is 0 Å². The first kappa shape index (κ1) is 19.0. The van der Waals surface area contributed by atoms with Crippen LogP contribution in [0, 0.1) is 6.92 Å². The predicted molar refractivity (Wildman–Crippen MR) is 106 cm³/mol. The van der Waals surface area contributed by atoms with E-state index in [4.69, 9.17) is 16.3 Å². The summed E-state index contributed by atoms with van der Waals surface area (Å²) in [7, 11) is 0. The quantitative estimate of drug-likeness (QED) is 0.639. The molecule has 0 radical (unpaired) electrons. The van der Waals surface area contributed by atoms with Gasteiger partial charge in [-0.3, -0.25) is 4.79 Å². The van der Waals surface area contributed by atoms with Crippen LogP contribution in [0.1, 0.15) is 41.0 Å². The fourth-order valence-electron chi connectivity index (χ4n) is 2.80. The molecule has 0 aliphatic carbocycles. The molecule has 0 fully saturated rings. The van der Waals surface area contributed by atoms with E-state index in [-0.39, 0.29) is 18.7 Å². The summed E-state index contributed by atoms with van der Waals surface area (Å²) in [5, 5.41) is 8.01. The van der Waals surface area contributed by atoms with Crippen LogP contribution in [0.25, 0.3) is 0 Å². The molecular formula is C21H22ClN3O2. The number of hydrogen-bond acceptors (Lipinski definition) is 3. The number of nitrogens with one attached hydrogen (secondary N) is 1. The van der Waals surface area contributed by atoms with Gasteiger partial charge in [-0.2, -0.15) is 5.10 Å². The molecule has 0 aliphatic rings. The van der Waals surface area contributed by atoms with Crippen molar-refractivity contribution >= 4 is 17.5 Å². The number of aromatic nitrogens is 2. The van der Waals surface area contributed by atoms with Gasteiger partial charge in [-0.1, -0.05) is 48.9 Å². The molecule has 0 aliphatic heterocycles. The van der Waals surface area contributed by atoms with Crippen molar-refractivity contribution in [1.29, 1.82) is 0 Å². The summed E-state index contributed by atoms with van der Waals surface area (Å²) in [5.41, 5.74) is 2.39. The normalized spacial score (nSPS) is 11.8. The number of nitrogens with zero attached hydrogens (tertiary/aromatic N) is 2. The van der Waals surface area contributed by atoms with Gasteiger partial charge in [0.15, 0.2) is 6.73 Å². The lowest BCUT2D eigenvalue weighted by molar-refractivity contribution is 0.0928. The molecule has 1 atom stereocenters. The van der Waals surface area contributed by atoms with E-state index in [9.17, 15) is 4.79 Å². The molecule has 1 N–H and O–H groups in total. The highest BCUT2D eigenvalue weighted by molar-refractivity contribution is 6.30. The molecule has 3 aromatic rings. The summed E-state index contributed by atoms with van der Waals surface area (Å²) >= 11 is 5.95. The van der Waals surface area contributed by atoms with Crippen LogP contribution >= 0.6 is 11.6 Å². The zero-order valence-electron chi connectivity index (χ0n) is 15.4. The van der Waals surface area contributed by atoms with Crippen molar-refractivity contribution in [3.05, 3.63) is 82.6 Å². The van der Waals surface area contributed by atoms with E-state index in [0.717, 1.165) is 23.3 Å². The average molecular weight is 384 g/mol. The summed E-state index contributed by atoms with van der Waals surface area (Å²) in [6, 6.07) is 17.0. The van der Waals surface area contributed by atoms with Gasteiger partial charge in [0.25, 0.3) is 5.91 Å². The van der Waals surface area contributed by atoms with Gasteiger partial charge >= 0.3 is 0 Å². The van der Waals surface area contributed by atoms with Crippen molar-refractivity contribution in [2.45, 2.75) is 33.0 Å². The molecule has 27 heavy (non-hydrogen) atoms. The topological polar surface area (TPSA) is 56.2 Å². The lowest BCUT2D eigenvalue weighted by Gasteiger charge is -2.16. The highest BCUT2D eigenvalue weighted by Gasteiger charge is 2.16. The van der Waals surface area contributed by atoms with E-state index < -0.39 is 0 Å². The number of benzene rings is 2. The molecule has 3 rings (SSSR count). The van der Waals surface area contributed by atoms with Crippen LogP contribution < -0.4 is 10.1 Å². The molecule has 6 heteroatoms. The third-order valence-corrected chi connectivity index (χ3v) is 4.51. The van der Waals surface area contributed by atoms with Crippen LogP contribution in [0.15, 0.2) is 60.8 Å². The van der Waals surface area contributed by atoms with Gasteiger partial charge in [-0.25, -0.2) is 4.68 Å². The first-order chi connectivity index (χ1) is 13.1. The number of rotatable bonds is 7. The molecule has 1 unspecified atom stereocenters. The summed E-state index contributed by atoms with van der Waals surface area (Å²) in [5.74, 6) is 0.531. The number of ether oxygens (including phenoxy) is 1. The van der Waals surface area contributed by atoms with E-state index in [1.54, 1.807) is 23.0 Å². The van der Waals surface area contributed by atoms with E-state index in [2.05, 4.69) is 10.4 Å². The van der Waals surface area contributed by atoms with Crippen molar-refractivity contribution in [3.8, 4) is 5.75 Å². The van der Waals surface area contributed by atoms with Crippen molar-refractivity contribution in [1.82, 2.24) is 15.1 Å². The van der Waals surface area contributed by atoms with E-state index in [1.807, 2.05) is 56.3 Å². The molecule has 5 nitrogen and oxygen atoms in total.